The Labute approximate surface area is 320 Å². The molecule has 4 rings (SSSR count). The number of amides is 4. The fourth-order valence-corrected chi connectivity index (χ4v) is 6.75. The number of methoxy groups -OCH3 is 2. The van der Waals surface area contributed by atoms with Crippen molar-refractivity contribution in [1.29, 1.82) is 0 Å². The van der Waals surface area contributed by atoms with Crippen LogP contribution in [0.4, 0.5) is 11.4 Å². The Bertz CT molecular complexity index is 1720. The summed E-state index contributed by atoms with van der Waals surface area (Å²) in [5.41, 5.74) is 1.35. The van der Waals surface area contributed by atoms with Gasteiger partial charge in [-0.3, -0.25) is 24.0 Å². The van der Waals surface area contributed by atoms with E-state index < -0.39 is 29.9 Å². The molecule has 0 atom stereocenters. The van der Waals surface area contributed by atoms with Crippen molar-refractivity contribution in [2.45, 2.75) is 116 Å². The number of unbranched alkanes of at least 4 members (excludes halogenated alkanes) is 15. The molecule has 1 aliphatic rings. The highest BCUT2D eigenvalue weighted by Gasteiger charge is 2.37. The number of nitrogens with zero attached hydrogens (tertiary/aromatic N) is 1. The predicted octanol–water partition coefficient (Wildman–Crippen LogP) is 9.71. The molecule has 290 valence electrons. The lowest BCUT2D eigenvalue weighted by Gasteiger charge is -2.17. The average molecular weight is 740 g/mol. The fraction of sp³-hybridized carbons (Fsp3) is 0.477. The maximum absolute atomic E-state index is 13.5. The van der Waals surface area contributed by atoms with Crippen LogP contribution in [0.5, 0.6) is 11.5 Å². The zero-order chi connectivity index (χ0) is 38.7. The molecule has 0 spiro atoms. The first kappa shape index (κ1) is 41.8. The molecule has 0 radical (unpaired) electrons. The Balaban J connectivity index is 1.20. The molecule has 0 saturated carbocycles. The predicted molar refractivity (Wildman–Crippen MR) is 213 cm³/mol. The van der Waals surface area contributed by atoms with Crippen LogP contribution in [0, 0.1) is 0 Å². The fourth-order valence-electron chi connectivity index (χ4n) is 6.75. The molecule has 4 amide bonds. The maximum atomic E-state index is 13.5. The lowest BCUT2D eigenvalue weighted by atomic mass is 10.0. The highest BCUT2D eigenvalue weighted by atomic mass is 16.5. The molecule has 54 heavy (non-hydrogen) atoms. The molecule has 10 heteroatoms. The number of nitrogens with one attached hydrogen (secondary N) is 2. The van der Waals surface area contributed by atoms with Crippen molar-refractivity contribution in [2.24, 2.45) is 0 Å². The van der Waals surface area contributed by atoms with E-state index in [1.165, 1.54) is 128 Å². The van der Waals surface area contributed by atoms with Crippen LogP contribution in [-0.2, 0) is 4.79 Å². The van der Waals surface area contributed by atoms with E-state index >= 15 is 0 Å². The van der Waals surface area contributed by atoms with Gasteiger partial charge in [0.15, 0.2) is 5.78 Å². The first-order valence-electron chi connectivity index (χ1n) is 19.7. The van der Waals surface area contributed by atoms with Crippen molar-refractivity contribution in [3.8, 4) is 11.5 Å². The van der Waals surface area contributed by atoms with E-state index in [2.05, 4.69) is 17.6 Å². The number of benzene rings is 3. The average Bonchev–Trinajstić information content (AvgIpc) is 3.43. The third-order valence-electron chi connectivity index (χ3n) is 9.91. The number of hydrogen-bond donors (Lipinski definition) is 2. The number of anilines is 2. The van der Waals surface area contributed by atoms with Gasteiger partial charge in [0.25, 0.3) is 17.7 Å². The summed E-state index contributed by atoms with van der Waals surface area (Å²) >= 11 is 0. The van der Waals surface area contributed by atoms with Crippen molar-refractivity contribution in [2.75, 3.05) is 31.0 Å². The number of Topliss-reactive ketones (excluding diaryl/α,β-unsaturated/α-hetero) is 1. The number of fused-ring (bicyclic) bond motifs is 1. The minimum absolute atomic E-state index is 0.126. The number of rotatable bonds is 25. The van der Waals surface area contributed by atoms with Crippen LogP contribution in [0.2, 0.25) is 0 Å². The van der Waals surface area contributed by atoms with Gasteiger partial charge in [0.2, 0.25) is 5.91 Å². The first-order chi connectivity index (χ1) is 26.3. The molecule has 0 aromatic heterocycles. The summed E-state index contributed by atoms with van der Waals surface area (Å²) < 4.78 is 10.5. The van der Waals surface area contributed by atoms with Crippen LogP contribution in [0.15, 0.2) is 60.7 Å². The standard InChI is InChI=1S/C44H57N3O7/c1-4-5-6-7-8-9-10-11-12-13-14-15-16-17-18-19-28-45-42(50)33-22-26-36-37(29-33)44(52)47(43(36)51)34-23-27-40(54-3)38(30-34)46-41(49)31-39(48)32-20-24-35(53-2)25-21-32/h20-27,29-30H,4-19,28,31H2,1-3H3,(H,45,50)(H,46,49). The van der Waals surface area contributed by atoms with Crippen molar-refractivity contribution >= 4 is 40.8 Å². The lowest BCUT2D eigenvalue weighted by molar-refractivity contribution is -0.115. The highest BCUT2D eigenvalue weighted by molar-refractivity contribution is 6.35. The second-order valence-electron chi connectivity index (χ2n) is 14.0. The Morgan fingerprint density at radius 3 is 1.74 bits per heavy atom. The molecule has 2 N–H and O–H groups in total. The van der Waals surface area contributed by atoms with Crippen molar-refractivity contribution in [3.63, 3.8) is 0 Å². The van der Waals surface area contributed by atoms with Gasteiger partial charge >= 0.3 is 0 Å². The van der Waals surface area contributed by atoms with Crippen LogP contribution in [0.1, 0.15) is 158 Å². The molecule has 0 saturated heterocycles. The normalized spacial score (nSPS) is 12.1. The minimum Gasteiger partial charge on any atom is -0.497 e. The minimum atomic E-state index is -0.594. The Hall–Kier alpha value is -4.99. The summed E-state index contributed by atoms with van der Waals surface area (Å²) in [7, 11) is 2.94. The van der Waals surface area contributed by atoms with E-state index in [0.29, 0.717) is 23.4 Å². The summed E-state index contributed by atoms with van der Waals surface area (Å²) in [4.78, 5) is 66.5. The van der Waals surface area contributed by atoms with Gasteiger partial charge in [-0.2, -0.15) is 0 Å². The van der Waals surface area contributed by atoms with Gasteiger partial charge in [-0.15, -0.1) is 0 Å². The van der Waals surface area contributed by atoms with Gasteiger partial charge < -0.3 is 20.1 Å². The molecule has 3 aromatic rings. The molecule has 0 fully saturated rings. The molecule has 1 aliphatic heterocycles. The number of carbonyl (C=O) groups excluding carboxylic acids is 5. The van der Waals surface area contributed by atoms with Gasteiger partial charge in [-0.25, -0.2) is 4.90 Å². The van der Waals surface area contributed by atoms with E-state index in [1.54, 1.807) is 30.3 Å². The number of ether oxygens (including phenoxy) is 2. The van der Waals surface area contributed by atoms with Gasteiger partial charge in [-0.1, -0.05) is 103 Å². The molecule has 0 aliphatic carbocycles. The second kappa shape index (κ2) is 22.3. The summed E-state index contributed by atoms with van der Waals surface area (Å²) in [6.45, 7) is 2.80. The zero-order valence-electron chi connectivity index (χ0n) is 32.3. The molecule has 1 heterocycles. The smallest absolute Gasteiger partial charge is 0.266 e. The molecule has 0 unspecified atom stereocenters. The molecule has 0 bridgehead atoms. The molecular formula is C44H57N3O7. The van der Waals surface area contributed by atoms with Crippen LogP contribution in [0.25, 0.3) is 0 Å². The Morgan fingerprint density at radius 2 is 1.17 bits per heavy atom. The van der Waals surface area contributed by atoms with E-state index in [0.717, 1.165) is 24.2 Å². The van der Waals surface area contributed by atoms with Crippen LogP contribution < -0.4 is 25.0 Å². The summed E-state index contributed by atoms with van der Waals surface area (Å²) in [5, 5.41) is 5.61. The molecule has 10 nitrogen and oxygen atoms in total. The zero-order valence-corrected chi connectivity index (χ0v) is 32.3. The Kier molecular flexibility index (Phi) is 17.2. The number of hydrogen-bond acceptors (Lipinski definition) is 7. The quantitative estimate of drug-likeness (QED) is 0.0383. The topological polar surface area (TPSA) is 131 Å². The Morgan fingerprint density at radius 1 is 0.611 bits per heavy atom. The van der Waals surface area contributed by atoms with Gasteiger partial charge in [0, 0.05) is 17.7 Å². The van der Waals surface area contributed by atoms with Crippen molar-refractivity contribution in [3.05, 3.63) is 82.9 Å². The summed E-state index contributed by atoms with van der Waals surface area (Å²) in [6.07, 6.45) is 20.1. The largest absolute Gasteiger partial charge is 0.497 e. The van der Waals surface area contributed by atoms with E-state index in [-0.39, 0.29) is 34.2 Å². The highest BCUT2D eigenvalue weighted by Crippen LogP contribution is 2.35. The van der Waals surface area contributed by atoms with Gasteiger partial charge in [-0.05, 0) is 67.1 Å². The third kappa shape index (κ3) is 12.3. The number of imide groups is 1. The first-order valence-corrected chi connectivity index (χ1v) is 19.7. The SMILES string of the molecule is CCCCCCCCCCCCCCCCCCNC(=O)c1ccc2c(c1)C(=O)N(c1ccc(OC)c(NC(=O)CC(=O)c3ccc(OC)cc3)c1)C2=O. The van der Waals surface area contributed by atoms with Crippen LogP contribution in [0.3, 0.4) is 0 Å². The summed E-state index contributed by atoms with van der Waals surface area (Å²) in [5.74, 6) is -1.54. The number of ketones is 1. The third-order valence-corrected chi connectivity index (χ3v) is 9.91. The molecule has 3 aromatic carbocycles. The van der Waals surface area contributed by atoms with Crippen LogP contribution in [-0.4, -0.2) is 50.2 Å². The summed E-state index contributed by atoms with van der Waals surface area (Å²) in [6, 6.07) is 15.4. The van der Waals surface area contributed by atoms with Crippen molar-refractivity contribution < 1.29 is 33.4 Å². The van der Waals surface area contributed by atoms with Gasteiger partial charge in [0.1, 0.15) is 11.5 Å². The number of carbonyl (C=O) groups is 5. The van der Waals surface area contributed by atoms with E-state index in [9.17, 15) is 24.0 Å². The van der Waals surface area contributed by atoms with E-state index in [1.807, 2.05) is 0 Å². The second-order valence-corrected chi connectivity index (χ2v) is 14.0. The maximum Gasteiger partial charge on any atom is 0.266 e. The molecular weight excluding hydrogens is 682 g/mol. The van der Waals surface area contributed by atoms with Crippen LogP contribution >= 0.6 is 0 Å². The van der Waals surface area contributed by atoms with Crippen molar-refractivity contribution in [1.82, 2.24) is 5.32 Å². The van der Waals surface area contributed by atoms with Gasteiger partial charge in [0.05, 0.1) is 43.1 Å². The lowest BCUT2D eigenvalue weighted by Crippen LogP contribution is -2.29. The van der Waals surface area contributed by atoms with E-state index in [4.69, 9.17) is 9.47 Å². The monoisotopic (exact) mass is 739 g/mol.